The molecule has 0 bridgehead atoms. The van der Waals surface area contributed by atoms with Crippen LogP contribution in [0.5, 0.6) is 5.75 Å². The van der Waals surface area contributed by atoms with Gasteiger partial charge in [-0.3, -0.25) is 4.79 Å². The molecule has 2 fully saturated rings. The third-order valence-electron chi connectivity index (χ3n) is 6.39. The molecule has 4 rings (SSSR count). The van der Waals surface area contributed by atoms with Crippen LogP contribution in [0.1, 0.15) is 48.8 Å². The van der Waals surface area contributed by atoms with Gasteiger partial charge >= 0.3 is 0 Å². The number of ether oxygens (including phenoxy) is 1. The summed E-state index contributed by atoms with van der Waals surface area (Å²) in [4.78, 5) is 21.1. The largest absolute Gasteiger partial charge is 0.497 e. The first-order chi connectivity index (χ1) is 15.7. The molecular weight excluding hydrogens is 400 g/mol. The first-order valence-electron chi connectivity index (χ1n) is 11.7. The highest BCUT2D eigenvalue weighted by atomic mass is 16.5. The van der Waals surface area contributed by atoms with E-state index >= 15 is 0 Å². The fraction of sp³-hybridized carbons (Fsp3) is 0.462. The van der Waals surface area contributed by atoms with Crippen LogP contribution in [-0.2, 0) is 17.9 Å². The molecule has 0 aromatic heterocycles. The first kappa shape index (κ1) is 22.2. The normalized spacial score (nSPS) is 19.0. The fourth-order valence-corrected chi connectivity index (χ4v) is 4.53. The summed E-state index contributed by atoms with van der Waals surface area (Å²) < 4.78 is 5.29. The summed E-state index contributed by atoms with van der Waals surface area (Å²) in [5, 5.41) is 3.46. The van der Waals surface area contributed by atoms with Crippen LogP contribution in [0.15, 0.2) is 53.5 Å². The predicted molar refractivity (Wildman–Crippen MR) is 128 cm³/mol. The van der Waals surface area contributed by atoms with E-state index in [1.54, 1.807) is 7.11 Å². The minimum atomic E-state index is 0.271. The van der Waals surface area contributed by atoms with Crippen LogP contribution >= 0.6 is 0 Å². The van der Waals surface area contributed by atoms with Crippen LogP contribution in [0.25, 0.3) is 0 Å². The highest BCUT2D eigenvalue weighted by molar-refractivity contribution is 5.80. The zero-order valence-electron chi connectivity index (χ0n) is 19.2. The Morgan fingerprint density at radius 3 is 2.50 bits per heavy atom. The summed E-state index contributed by atoms with van der Waals surface area (Å²) in [5.41, 5.74) is 3.72. The van der Waals surface area contributed by atoms with E-state index in [0.29, 0.717) is 25.4 Å². The van der Waals surface area contributed by atoms with Crippen molar-refractivity contribution >= 4 is 11.9 Å². The molecule has 2 aliphatic heterocycles. The van der Waals surface area contributed by atoms with Gasteiger partial charge in [0.15, 0.2) is 5.96 Å². The number of aliphatic imine (C=N–C) groups is 1. The van der Waals surface area contributed by atoms with Crippen LogP contribution in [0.4, 0.5) is 0 Å². The van der Waals surface area contributed by atoms with Gasteiger partial charge in [0, 0.05) is 45.1 Å². The molecular formula is C26H34N4O2. The standard InChI is InChI=1S/C26H34N4O2/c1-3-27-26(30-16-14-23(19-30)22-10-12-24(32-2)13-11-22)28-17-20-6-8-21(9-7-20)18-29-15-4-5-25(29)31/h6-13,23H,3-5,14-19H2,1-2H3,(H,27,28). The zero-order chi connectivity index (χ0) is 22.3. The quantitative estimate of drug-likeness (QED) is 0.532. The van der Waals surface area contributed by atoms with Gasteiger partial charge in [-0.2, -0.15) is 0 Å². The number of likely N-dealkylation sites (tertiary alicyclic amines) is 2. The van der Waals surface area contributed by atoms with Gasteiger partial charge in [0.2, 0.25) is 5.91 Å². The molecule has 0 saturated carbocycles. The lowest BCUT2D eigenvalue weighted by Gasteiger charge is -2.22. The lowest BCUT2D eigenvalue weighted by atomic mass is 9.98. The third-order valence-corrected chi connectivity index (χ3v) is 6.39. The minimum absolute atomic E-state index is 0.271. The molecule has 6 heteroatoms. The minimum Gasteiger partial charge on any atom is -0.497 e. The van der Waals surface area contributed by atoms with E-state index in [2.05, 4.69) is 53.5 Å². The molecule has 1 unspecified atom stereocenters. The van der Waals surface area contributed by atoms with Gasteiger partial charge in [0.25, 0.3) is 0 Å². The number of rotatable bonds is 7. The molecule has 6 nitrogen and oxygen atoms in total. The van der Waals surface area contributed by atoms with Crippen LogP contribution in [-0.4, -0.2) is 55.0 Å². The molecule has 2 aromatic rings. The van der Waals surface area contributed by atoms with Crippen molar-refractivity contribution in [2.45, 2.75) is 45.2 Å². The van der Waals surface area contributed by atoms with Gasteiger partial charge in [-0.15, -0.1) is 0 Å². The van der Waals surface area contributed by atoms with E-state index < -0.39 is 0 Å². The molecule has 0 aliphatic carbocycles. The number of hydrogen-bond acceptors (Lipinski definition) is 3. The fourth-order valence-electron chi connectivity index (χ4n) is 4.53. The lowest BCUT2D eigenvalue weighted by Crippen LogP contribution is -2.40. The third kappa shape index (κ3) is 5.42. The lowest BCUT2D eigenvalue weighted by molar-refractivity contribution is -0.128. The predicted octanol–water partition coefficient (Wildman–Crippen LogP) is 3.77. The number of nitrogens with one attached hydrogen (secondary N) is 1. The summed E-state index contributed by atoms with van der Waals surface area (Å²) in [6, 6.07) is 16.9. The smallest absolute Gasteiger partial charge is 0.222 e. The highest BCUT2D eigenvalue weighted by Gasteiger charge is 2.26. The topological polar surface area (TPSA) is 57.2 Å². The van der Waals surface area contributed by atoms with E-state index in [-0.39, 0.29) is 5.91 Å². The van der Waals surface area contributed by atoms with E-state index in [9.17, 15) is 4.79 Å². The van der Waals surface area contributed by atoms with Gasteiger partial charge in [-0.1, -0.05) is 36.4 Å². The molecule has 170 valence electrons. The van der Waals surface area contributed by atoms with Crippen molar-refractivity contribution in [1.82, 2.24) is 15.1 Å². The Kier molecular flexibility index (Phi) is 7.30. The summed E-state index contributed by atoms with van der Waals surface area (Å²) in [6.07, 6.45) is 2.80. The second kappa shape index (κ2) is 10.5. The molecule has 1 amide bonds. The Morgan fingerprint density at radius 1 is 1.09 bits per heavy atom. The Morgan fingerprint density at radius 2 is 1.84 bits per heavy atom. The second-order valence-electron chi connectivity index (χ2n) is 8.61. The summed E-state index contributed by atoms with van der Waals surface area (Å²) >= 11 is 0. The molecule has 0 spiro atoms. The number of benzene rings is 2. The van der Waals surface area contributed by atoms with Crippen molar-refractivity contribution in [2.24, 2.45) is 4.99 Å². The van der Waals surface area contributed by atoms with Crippen molar-refractivity contribution in [3.05, 3.63) is 65.2 Å². The van der Waals surface area contributed by atoms with Gasteiger partial charge in [-0.05, 0) is 48.6 Å². The number of guanidine groups is 1. The van der Waals surface area contributed by atoms with Crippen molar-refractivity contribution in [3.8, 4) is 5.75 Å². The van der Waals surface area contributed by atoms with Gasteiger partial charge in [0.1, 0.15) is 5.75 Å². The van der Waals surface area contributed by atoms with Gasteiger partial charge in [-0.25, -0.2) is 4.99 Å². The second-order valence-corrected chi connectivity index (χ2v) is 8.61. The van der Waals surface area contributed by atoms with E-state index in [4.69, 9.17) is 9.73 Å². The maximum atomic E-state index is 11.8. The van der Waals surface area contributed by atoms with Crippen LogP contribution in [0.3, 0.4) is 0 Å². The number of carbonyl (C=O) groups is 1. The zero-order valence-corrected chi connectivity index (χ0v) is 19.2. The van der Waals surface area contributed by atoms with Crippen LogP contribution in [0, 0.1) is 0 Å². The molecule has 2 aromatic carbocycles. The van der Waals surface area contributed by atoms with Gasteiger partial charge in [0.05, 0.1) is 13.7 Å². The van der Waals surface area contributed by atoms with Crippen LogP contribution < -0.4 is 10.1 Å². The Bertz CT molecular complexity index is 924. The Hall–Kier alpha value is -3.02. The van der Waals surface area contributed by atoms with Crippen molar-refractivity contribution in [3.63, 3.8) is 0 Å². The maximum absolute atomic E-state index is 11.8. The Balaban J connectivity index is 1.36. The maximum Gasteiger partial charge on any atom is 0.222 e. The first-order valence-corrected chi connectivity index (χ1v) is 11.7. The van der Waals surface area contributed by atoms with Crippen LogP contribution in [0.2, 0.25) is 0 Å². The van der Waals surface area contributed by atoms with E-state index in [0.717, 1.165) is 50.7 Å². The molecule has 32 heavy (non-hydrogen) atoms. The van der Waals surface area contributed by atoms with E-state index in [1.807, 2.05) is 17.0 Å². The molecule has 2 saturated heterocycles. The van der Waals surface area contributed by atoms with Crippen molar-refractivity contribution in [2.75, 3.05) is 33.3 Å². The summed E-state index contributed by atoms with van der Waals surface area (Å²) in [6.45, 7) is 7.18. The van der Waals surface area contributed by atoms with Gasteiger partial charge < -0.3 is 19.9 Å². The molecule has 2 heterocycles. The average molecular weight is 435 g/mol. The molecule has 1 atom stereocenters. The SMILES string of the molecule is CCNC(=NCc1ccc(CN2CCCC2=O)cc1)N1CCC(c2ccc(OC)cc2)C1. The highest BCUT2D eigenvalue weighted by Crippen LogP contribution is 2.28. The summed E-state index contributed by atoms with van der Waals surface area (Å²) in [7, 11) is 1.70. The number of nitrogens with zero attached hydrogens (tertiary/aromatic N) is 3. The molecule has 1 N–H and O–H groups in total. The number of hydrogen-bond donors (Lipinski definition) is 1. The number of amides is 1. The molecule has 2 aliphatic rings. The Labute approximate surface area is 191 Å². The molecule has 0 radical (unpaired) electrons. The number of methoxy groups -OCH3 is 1. The average Bonchev–Trinajstić information content (AvgIpc) is 3.47. The van der Waals surface area contributed by atoms with Crippen molar-refractivity contribution < 1.29 is 9.53 Å². The number of carbonyl (C=O) groups excluding carboxylic acids is 1. The summed E-state index contributed by atoms with van der Waals surface area (Å²) in [5.74, 6) is 2.66. The monoisotopic (exact) mass is 434 g/mol. The van der Waals surface area contributed by atoms with E-state index in [1.165, 1.54) is 16.7 Å². The van der Waals surface area contributed by atoms with Crippen molar-refractivity contribution in [1.29, 1.82) is 0 Å².